The maximum atomic E-state index is 14.0. The number of rotatable bonds is 5. The van der Waals surface area contributed by atoms with Gasteiger partial charge in [0.05, 0.1) is 0 Å². The highest BCUT2D eigenvalue weighted by atomic mass is 19.1. The second kappa shape index (κ2) is 6.55. The second-order valence-electron chi connectivity index (χ2n) is 5.34. The number of hydrogen-bond donors (Lipinski definition) is 2. The van der Waals surface area contributed by atoms with Crippen LogP contribution in [0.1, 0.15) is 43.1 Å². The van der Waals surface area contributed by atoms with E-state index in [4.69, 9.17) is 5.11 Å². The first-order valence-electron chi connectivity index (χ1n) is 7.06. The Hall–Kier alpha value is -2.77. The number of nitrogens with one attached hydrogen (secondary N) is 1. The largest absolute Gasteiger partial charge is 0.480 e. The Labute approximate surface area is 132 Å². The molecule has 0 aliphatic rings. The summed E-state index contributed by atoms with van der Waals surface area (Å²) in [6.45, 7) is 5.00. The summed E-state index contributed by atoms with van der Waals surface area (Å²) in [5.74, 6) is -2.30. The summed E-state index contributed by atoms with van der Waals surface area (Å²) < 4.78 is 15.2. The van der Waals surface area contributed by atoms with Gasteiger partial charge >= 0.3 is 5.97 Å². The maximum absolute atomic E-state index is 14.0. The molecule has 0 aliphatic carbocycles. The molecule has 0 radical (unpaired) electrons. The number of carboxylic acid groups (broad SMARTS) is 1. The Morgan fingerprint density at radius 3 is 2.48 bits per heavy atom. The van der Waals surface area contributed by atoms with Gasteiger partial charge in [0.2, 0.25) is 5.82 Å². The topological polar surface area (TPSA) is 97.1 Å². The summed E-state index contributed by atoms with van der Waals surface area (Å²) in [5.41, 5.74) is 0.175. The Kier molecular flexibility index (Phi) is 4.73. The van der Waals surface area contributed by atoms with Crippen molar-refractivity contribution in [3.63, 3.8) is 0 Å². The Balaban J connectivity index is 2.42. The van der Waals surface area contributed by atoms with Crippen molar-refractivity contribution in [2.45, 2.75) is 32.7 Å². The Morgan fingerprint density at radius 2 is 1.91 bits per heavy atom. The molecule has 2 aromatic rings. The fourth-order valence-electron chi connectivity index (χ4n) is 1.92. The molecule has 1 atom stereocenters. The fraction of sp³-hybridized carbons (Fsp3) is 0.333. The van der Waals surface area contributed by atoms with Gasteiger partial charge in [-0.1, -0.05) is 26.0 Å². The van der Waals surface area contributed by atoms with Crippen molar-refractivity contribution in [2.75, 3.05) is 0 Å². The fourth-order valence-corrected chi connectivity index (χ4v) is 1.92. The van der Waals surface area contributed by atoms with Crippen LogP contribution >= 0.6 is 0 Å². The van der Waals surface area contributed by atoms with Crippen LogP contribution in [-0.2, 0) is 4.79 Å². The number of halogens is 1. The van der Waals surface area contributed by atoms with E-state index in [1.54, 1.807) is 12.1 Å². The molecule has 23 heavy (non-hydrogen) atoms. The number of para-hydroxylation sites is 1. The minimum atomic E-state index is -1.17. The SMILES string of the molecule is CC(C)c1nc(C(=O)N[C@H](C)C(=O)O)nn1-c1ccccc1F. The number of nitrogens with zero attached hydrogens (tertiary/aromatic N) is 3. The van der Waals surface area contributed by atoms with Crippen LogP contribution in [0.2, 0.25) is 0 Å². The number of hydrogen-bond acceptors (Lipinski definition) is 4. The van der Waals surface area contributed by atoms with E-state index in [-0.39, 0.29) is 17.4 Å². The van der Waals surface area contributed by atoms with E-state index < -0.39 is 23.7 Å². The third-order valence-electron chi connectivity index (χ3n) is 3.15. The van der Waals surface area contributed by atoms with Crippen LogP contribution in [0.3, 0.4) is 0 Å². The van der Waals surface area contributed by atoms with E-state index in [0.717, 1.165) is 0 Å². The minimum Gasteiger partial charge on any atom is -0.480 e. The van der Waals surface area contributed by atoms with Crippen molar-refractivity contribution in [2.24, 2.45) is 0 Å². The Morgan fingerprint density at radius 1 is 1.26 bits per heavy atom. The zero-order valence-electron chi connectivity index (χ0n) is 12.9. The lowest BCUT2D eigenvalue weighted by molar-refractivity contribution is -0.138. The van der Waals surface area contributed by atoms with Crippen molar-refractivity contribution in [3.05, 3.63) is 41.7 Å². The van der Waals surface area contributed by atoms with Gasteiger partial charge in [-0.25, -0.2) is 14.1 Å². The highest BCUT2D eigenvalue weighted by molar-refractivity contribution is 5.93. The van der Waals surface area contributed by atoms with Gasteiger partial charge in [0.15, 0.2) is 0 Å². The van der Waals surface area contributed by atoms with Crippen LogP contribution in [0.25, 0.3) is 5.69 Å². The normalized spacial score (nSPS) is 12.2. The minimum absolute atomic E-state index is 0.111. The predicted octanol–water partition coefficient (Wildman–Crippen LogP) is 1.73. The lowest BCUT2D eigenvalue weighted by atomic mass is 10.2. The molecular formula is C15H17FN4O3. The molecule has 0 aliphatic heterocycles. The molecular weight excluding hydrogens is 303 g/mol. The monoisotopic (exact) mass is 320 g/mol. The summed E-state index contributed by atoms with van der Waals surface area (Å²) in [5, 5.41) is 15.1. The van der Waals surface area contributed by atoms with Gasteiger partial charge in [0.1, 0.15) is 23.4 Å². The summed E-state index contributed by atoms with van der Waals surface area (Å²) in [6.07, 6.45) is 0. The van der Waals surface area contributed by atoms with Crippen LogP contribution < -0.4 is 5.32 Å². The highest BCUT2D eigenvalue weighted by Gasteiger charge is 2.23. The first-order chi connectivity index (χ1) is 10.8. The molecule has 122 valence electrons. The second-order valence-corrected chi connectivity index (χ2v) is 5.34. The van der Waals surface area contributed by atoms with E-state index in [1.165, 1.54) is 23.7 Å². The Bertz CT molecular complexity index is 742. The van der Waals surface area contributed by atoms with Gasteiger partial charge in [-0.05, 0) is 19.1 Å². The van der Waals surface area contributed by atoms with Crippen LogP contribution in [0, 0.1) is 5.82 Å². The van der Waals surface area contributed by atoms with Gasteiger partial charge in [0.25, 0.3) is 5.91 Å². The van der Waals surface area contributed by atoms with Crippen LogP contribution in [-0.4, -0.2) is 37.8 Å². The van der Waals surface area contributed by atoms with Crippen LogP contribution in [0.15, 0.2) is 24.3 Å². The lowest BCUT2D eigenvalue weighted by Gasteiger charge is -2.08. The van der Waals surface area contributed by atoms with E-state index in [9.17, 15) is 14.0 Å². The van der Waals surface area contributed by atoms with Gasteiger partial charge in [-0.2, -0.15) is 0 Å². The third-order valence-corrected chi connectivity index (χ3v) is 3.15. The molecule has 1 heterocycles. The number of carboxylic acids is 1. The number of aromatic nitrogens is 3. The van der Waals surface area contributed by atoms with Gasteiger partial charge < -0.3 is 10.4 Å². The van der Waals surface area contributed by atoms with Crippen molar-refractivity contribution >= 4 is 11.9 Å². The predicted molar refractivity (Wildman–Crippen MR) is 80.0 cm³/mol. The summed E-state index contributed by atoms with van der Waals surface area (Å²) >= 11 is 0. The molecule has 1 amide bonds. The molecule has 0 bridgehead atoms. The van der Waals surface area contributed by atoms with E-state index in [0.29, 0.717) is 5.82 Å². The highest BCUT2D eigenvalue weighted by Crippen LogP contribution is 2.19. The average Bonchev–Trinajstić information content (AvgIpc) is 2.92. The van der Waals surface area contributed by atoms with Gasteiger partial charge in [0, 0.05) is 5.92 Å². The molecule has 2 rings (SSSR count). The molecule has 0 unspecified atom stereocenters. The third kappa shape index (κ3) is 3.53. The zero-order chi connectivity index (χ0) is 17.1. The number of aliphatic carboxylic acids is 1. The molecule has 8 heteroatoms. The van der Waals surface area contributed by atoms with Crippen LogP contribution in [0.4, 0.5) is 4.39 Å². The number of benzene rings is 1. The summed E-state index contributed by atoms with van der Waals surface area (Å²) in [7, 11) is 0. The molecule has 7 nitrogen and oxygen atoms in total. The van der Waals surface area contributed by atoms with Gasteiger partial charge in [-0.3, -0.25) is 9.59 Å². The molecule has 0 spiro atoms. The van der Waals surface area contributed by atoms with E-state index in [2.05, 4.69) is 15.4 Å². The lowest BCUT2D eigenvalue weighted by Crippen LogP contribution is -2.38. The van der Waals surface area contributed by atoms with Crippen molar-refractivity contribution in [3.8, 4) is 5.69 Å². The average molecular weight is 320 g/mol. The maximum Gasteiger partial charge on any atom is 0.325 e. The molecule has 0 fully saturated rings. The molecule has 1 aromatic carbocycles. The first kappa shape index (κ1) is 16.6. The quantitative estimate of drug-likeness (QED) is 0.874. The number of carbonyl (C=O) groups is 2. The van der Waals surface area contributed by atoms with Crippen LogP contribution in [0.5, 0.6) is 0 Å². The first-order valence-corrected chi connectivity index (χ1v) is 7.06. The number of amides is 1. The molecule has 2 N–H and O–H groups in total. The summed E-state index contributed by atoms with van der Waals surface area (Å²) in [4.78, 5) is 27.0. The van der Waals surface area contributed by atoms with Crippen molar-refractivity contribution in [1.29, 1.82) is 0 Å². The number of carbonyl (C=O) groups excluding carboxylic acids is 1. The van der Waals surface area contributed by atoms with Crippen molar-refractivity contribution < 1.29 is 19.1 Å². The zero-order valence-corrected chi connectivity index (χ0v) is 12.9. The molecule has 1 aromatic heterocycles. The van der Waals surface area contributed by atoms with Gasteiger partial charge in [-0.15, -0.1) is 5.10 Å². The van der Waals surface area contributed by atoms with E-state index >= 15 is 0 Å². The smallest absolute Gasteiger partial charge is 0.325 e. The summed E-state index contributed by atoms with van der Waals surface area (Å²) in [6, 6.07) is 4.93. The van der Waals surface area contributed by atoms with Crippen molar-refractivity contribution in [1.82, 2.24) is 20.1 Å². The molecule has 0 saturated carbocycles. The standard InChI is InChI=1S/C15H17FN4O3/c1-8(2)13-18-12(14(21)17-9(3)15(22)23)19-20(13)11-7-5-4-6-10(11)16/h4-9H,1-3H3,(H,17,21)(H,22,23)/t9-/m1/s1. The van der Waals surface area contributed by atoms with E-state index in [1.807, 2.05) is 13.8 Å². The molecule has 0 saturated heterocycles.